The first-order valence-corrected chi connectivity index (χ1v) is 4.65. The molecule has 0 aromatic heterocycles. The van der Waals surface area contributed by atoms with Crippen molar-refractivity contribution in [3.05, 3.63) is 0 Å². The molecule has 0 aromatic rings. The van der Waals surface area contributed by atoms with Gasteiger partial charge in [-0.3, -0.25) is 11.3 Å². The van der Waals surface area contributed by atoms with Gasteiger partial charge in [0.05, 0.1) is 0 Å². The maximum absolute atomic E-state index is 5.44. The third-order valence-electron chi connectivity index (χ3n) is 3.29. The maximum atomic E-state index is 5.44. The summed E-state index contributed by atoms with van der Waals surface area (Å²) in [4.78, 5) is 0. The molecular weight excluding hydrogens is 136 g/mol. The molecule has 1 rings (SSSR count). The van der Waals surface area contributed by atoms with Crippen molar-refractivity contribution in [3.8, 4) is 0 Å². The Balaban J connectivity index is 2.49. The molecule has 0 amide bonds. The molecule has 2 heteroatoms. The molecule has 1 aliphatic carbocycles. The lowest BCUT2D eigenvalue weighted by molar-refractivity contribution is 0.155. The van der Waals surface area contributed by atoms with E-state index in [0.717, 1.165) is 0 Å². The standard InChI is InChI=1S/C9H20N2/c1-8(11-10)9(2)6-4-3-5-7-9/h8,11H,3-7,10H2,1-2H3. The van der Waals surface area contributed by atoms with Gasteiger partial charge in [-0.1, -0.05) is 26.2 Å². The highest BCUT2D eigenvalue weighted by molar-refractivity contribution is 4.85. The summed E-state index contributed by atoms with van der Waals surface area (Å²) in [7, 11) is 0. The van der Waals surface area contributed by atoms with Gasteiger partial charge in [0.25, 0.3) is 0 Å². The summed E-state index contributed by atoms with van der Waals surface area (Å²) in [5.74, 6) is 5.44. The third-order valence-corrected chi connectivity index (χ3v) is 3.29. The number of hydrogen-bond donors (Lipinski definition) is 2. The number of hydrazine groups is 1. The van der Waals surface area contributed by atoms with Crippen molar-refractivity contribution in [2.75, 3.05) is 0 Å². The van der Waals surface area contributed by atoms with Crippen LogP contribution in [0.25, 0.3) is 0 Å². The van der Waals surface area contributed by atoms with Crippen LogP contribution in [0.4, 0.5) is 0 Å². The van der Waals surface area contributed by atoms with E-state index < -0.39 is 0 Å². The fraction of sp³-hybridized carbons (Fsp3) is 1.00. The third kappa shape index (κ3) is 1.94. The molecule has 0 radical (unpaired) electrons. The SMILES string of the molecule is CC(NN)C1(C)CCCCC1. The maximum Gasteiger partial charge on any atom is 0.0236 e. The number of rotatable bonds is 2. The summed E-state index contributed by atoms with van der Waals surface area (Å²) in [6.45, 7) is 4.53. The minimum atomic E-state index is 0.451. The monoisotopic (exact) mass is 156 g/mol. The minimum Gasteiger partial charge on any atom is -0.271 e. The summed E-state index contributed by atoms with van der Waals surface area (Å²) in [6.07, 6.45) is 6.83. The largest absolute Gasteiger partial charge is 0.271 e. The zero-order valence-corrected chi connectivity index (χ0v) is 7.69. The van der Waals surface area contributed by atoms with Crippen LogP contribution in [0, 0.1) is 5.41 Å². The van der Waals surface area contributed by atoms with Gasteiger partial charge < -0.3 is 0 Å². The van der Waals surface area contributed by atoms with Crippen LogP contribution in [-0.2, 0) is 0 Å². The molecule has 1 saturated carbocycles. The first-order chi connectivity index (χ1) is 5.19. The van der Waals surface area contributed by atoms with Crippen molar-refractivity contribution in [3.63, 3.8) is 0 Å². The molecule has 0 aromatic carbocycles. The first kappa shape index (κ1) is 9.01. The van der Waals surface area contributed by atoms with Crippen LogP contribution in [0.5, 0.6) is 0 Å². The fourth-order valence-electron chi connectivity index (χ4n) is 1.99. The topological polar surface area (TPSA) is 38.0 Å². The molecule has 1 fully saturated rings. The van der Waals surface area contributed by atoms with E-state index in [-0.39, 0.29) is 0 Å². The van der Waals surface area contributed by atoms with Gasteiger partial charge in [0.2, 0.25) is 0 Å². The fourth-order valence-corrected chi connectivity index (χ4v) is 1.99. The lowest BCUT2D eigenvalue weighted by Gasteiger charge is -2.38. The van der Waals surface area contributed by atoms with Crippen LogP contribution in [0.1, 0.15) is 46.0 Å². The molecular formula is C9H20N2. The van der Waals surface area contributed by atoms with Crippen LogP contribution in [0.2, 0.25) is 0 Å². The van der Waals surface area contributed by atoms with Crippen molar-refractivity contribution >= 4 is 0 Å². The Morgan fingerprint density at radius 3 is 2.27 bits per heavy atom. The second kappa shape index (κ2) is 3.55. The summed E-state index contributed by atoms with van der Waals surface area (Å²) < 4.78 is 0. The number of nitrogens with two attached hydrogens (primary N) is 1. The minimum absolute atomic E-state index is 0.451. The Hall–Kier alpha value is -0.0800. The van der Waals surface area contributed by atoms with Gasteiger partial charge in [0.15, 0.2) is 0 Å². The predicted molar refractivity (Wildman–Crippen MR) is 48.0 cm³/mol. The highest BCUT2D eigenvalue weighted by atomic mass is 15.2. The van der Waals surface area contributed by atoms with Crippen molar-refractivity contribution in [2.24, 2.45) is 11.3 Å². The van der Waals surface area contributed by atoms with Gasteiger partial charge in [0, 0.05) is 6.04 Å². The Labute approximate surface area is 69.5 Å². The van der Waals surface area contributed by atoms with E-state index >= 15 is 0 Å². The van der Waals surface area contributed by atoms with E-state index in [1.807, 2.05) is 0 Å². The molecule has 0 heterocycles. The summed E-state index contributed by atoms with van der Waals surface area (Å²) in [5, 5.41) is 0. The van der Waals surface area contributed by atoms with Gasteiger partial charge in [-0.2, -0.15) is 0 Å². The molecule has 3 N–H and O–H groups in total. The van der Waals surface area contributed by atoms with Crippen molar-refractivity contribution < 1.29 is 0 Å². The summed E-state index contributed by atoms with van der Waals surface area (Å²) in [5.41, 5.74) is 3.33. The van der Waals surface area contributed by atoms with Crippen molar-refractivity contribution in [1.29, 1.82) is 0 Å². The lowest BCUT2D eigenvalue weighted by Crippen LogP contribution is -2.45. The highest BCUT2D eigenvalue weighted by Gasteiger charge is 2.31. The van der Waals surface area contributed by atoms with Crippen molar-refractivity contribution in [2.45, 2.75) is 52.0 Å². The quantitative estimate of drug-likeness (QED) is 0.472. The van der Waals surface area contributed by atoms with Crippen LogP contribution in [0.15, 0.2) is 0 Å². The Kier molecular flexibility index (Phi) is 2.90. The van der Waals surface area contributed by atoms with Crippen LogP contribution in [0.3, 0.4) is 0 Å². The summed E-state index contributed by atoms with van der Waals surface area (Å²) >= 11 is 0. The van der Waals surface area contributed by atoms with E-state index in [1.165, 1.54) is 32.1 Å². The molecule has 1 unspecified atom stereocenters. The summed E-state index contributed by atoms with van der Waals surface area (Å²) in [6, 6.07) is 0.461. The predicted octanol–water partition coefficient (Wildman–Crippen LogP) is 1.81. The van der Waals surface area contributed by atoms with Crippen LogP contribution < -0.4 is 11.3 Å². The zero-order chi connectivity index (χ0) is 8.32. The average molecular weight is 156 g/mol. The molecule has 1 atom stereocenters. The van der Waals surface area contributed by atoms with Gasteiger partial charge >= 0.3 is 0 Å². The first-order valence-electron chi connectivity index (χ1n) is 4.65. The van der Waals surface area contributed by atoms with E-state index in [1.54, 1.807) is 0 Å². The Bertz CT molecular complexity index is 117. The highest BCUT2D eigenvalue weighted by Crippen LogP contribution is 2.38. The zero-order valence-electron chi connectivity index (χ0n) is 7.69. The normalized spacial score (nSPS) is 26.5. The van der Waals surface area contributed by atoms with E-state index in [4.69, 9.17) is 5.84 Å². The average Bonchev–Trinajstić information content (AvgIpc) is 2.04. The van der Waals surface area contributed by atoms with E-state index in [2.05, 4.69) is 19.3 Å². The molecule has 2 nitrogen and oxygen atoms in total. The Morgan fingerprint density at radius 1 is 1.27 bits per heavy atom. The number of hydrogen-bond acceptors (Lipinski definition) is 2. The molecule has 0 spiro atoms. The number of nitrogens with one attached hydrogen (secondary N) is 1. The molecule has 0 bridgehead atoms. The molecule has 0 saturated heterocycles. The van der Waals surface area contributed by atoms with Gasteiger partial charge in [-0.15, -0.1) is 0 Å². The molecule has 66 valence electrons. The van der Waals surface area contributed by atoms with Gasteiger partial charge in [-0.05, 0) is 25.2 Å². The van der Waals surface area contributed by atoms with Gasteiger partial charge in [-0.25, -0.2) is 0 Å². The van der Waals surface area contributed by atoms with Crippen LogP contribution in [-0.4, -0.2) is 6.04 Å². The van der Waals surface area contributed by atoms with Gasteiger partial charge in [0.1, 0.15) is 0 Å². The van der Waals surface area contributed by atoms with E-state index in [9.17, 15) is 0 Å². The Morgan fingerprint density at radius 2 is 1.82 bits per heavy atom. The lowest BCUT2D eigenvalue weighted by atomic mass is 9.71. The van der Waals surface area contributed by atoms with Crippen molar-refractivity contribution in [1.82, 2.24) is 5.43 Å². The van der Waals surface area contributed by atoms with Crippen LogP contribution >= 0.6 is 0 Å². The molecule has 11 heavy (non-hydrogen) atoms. The smallest absolute Gasteiger partial charge is 0.0236 e. The molecule has 0 aliphatic heterocycles. The second-order valence-corrected chi connectivity index (χ2v) is 4.10. The second-order valence-electron chi connectivity index (χ2n) is 4.10. The van der Waals surface area contributed by atoms with E-state index in [0.29, 0.717) is 11.5 Å². The molecule has 1 aliphatic rings.